The number of hydrogen-bond acceptors (Lipinski definition) is 3. The van der Waals surface area contributed by atoms with Gasteiger partial charge in [-0.3, -0.25) is 0 Å². The minimum absolute atomic E-state index is 0.115. The number of aromatic nitrogens is 1. The SMILES string of the molecule is N#Cc1c(O)cc(-c2ccccc2Cl)nc1-c1ccc(Br)cc1. The zero-order valence-electron chi connectivity index (χ0n) is 11.8. The van der Waals surface area contributed by atoms with Crippen LogP contribution < -0.4 is 0 Å². The summed E-state index contributed by atoms with van der Waals surface area (Å²) in [7, 11) is 0. The lowest BCUT2D eigenvalue weighted by atomic mass is 10.0. The molecule has 0 amide bonds. The Morgan fingerprint density at radius 1 is 1.09 bits per heavy atom. The molecule has 23 heavy (non-hydrogen) atoms. The lowest BCUT2D eigenvalue weighted by molar-refractivity contribution is 0.473. The second kappa shape index (κ2) is 6.41. The topological polar surface area (TPSA) is 56.9 Å². The monoisotopic (exact) mass is 384 g/mol. The molecule has 0 radical (unpaired) electrons. The molecule has 0 aliphatic rings. The standard InChI is InChI=1S/C18H10BrClN2O/c19-12-7-5-11(6-8-12)18-14(10-21)17(23)9-16(22-18)13-3-1-2-4-15(13)20/h1-9H,(H,22,23). The summed E-state index contributed by atoms with van der Waals surface area (Å²) in [5.74, 6) is -0.115. The highest BCUT2D eigenvalue weighted by Gasteiger charge is 2.16. The third-order valence-corrected chi connectivity index (χ3v) is 4.24. The van der Waals surface area contributed by atoms with Crippen LogP contribution in [-0.4, -0.2) is 10.1 Å². The van der Waals surface area contributed by atoms with Crippen LogP contribution in [0.25, 0.3) is 22.5 Å². The summed E-state index contributed by atoms with van der Waals surface area (Å²) in [6.07, 6.45) is 0. The summed E-state index contributed by atoms with van der Waals surface area (Å²) in [5, 5.41) is 20.1. The lowest BCUT2D eigenvalue weighted by Gasteiger charge is -2.10. The molecule has 0 saturated carbocycles. The minimum atomic E-state index is -0.115. The van der Waals surface area contributed by atoms with Crippen LogP contribution in [0.3, 0.4) is 0 Å². The summed E-state index contributed by atoms with van der Waals surface area (Å²) < 4.78 is 0.922. The van der Waals surface area contributed by atoms with E-state index in [1.165, 1.54) is 6.07 Å². The van der Waals surface area contributed by atoms with E-state index >= 15 is 0 Å². The Morgan fingerprint density at radius 3 is 2.43 bits per heavy atom. The first-order valence-electron chi connectivity index (χ1n) is 6.75. The Kier molecular flexibility index (Phi) is 4.33. The van der Waals surface area contributed by atoms with E-state index in [2.05, 4.69) is 20.9 Å². The average Bonchev–Trinajstić information content (AvgIpc) is 2.55. The van der Waals surface area contributed by atoms with Gasteiger partial charge in [0.25, 0.3) is 0 Å². The van der Waals surface area contributed by atoms with Crippen molar-refractivity contribution >= 4 is 27.5 Å². The first-order chi connectivity index (χ1) is 11.1. The van der Waals surface area contributed by atoms with Crippen molar-refractivity contribution in [1.29, 1.82) is 5.26 Å². The highest BCUT2D eigenvalue weighted by molar-refractivity contribution is 9.10. The maximum Gasteiger partial charge on any atom is 0.137 e. The molecule has 1 N–H and O–H groups in total. The summed E-state index contributed by atoms with van der Waals surface area (Å²) in [6, 6.07) is 18.1. The maximum absolute atomic E-state index is 10.2. The molecule has 2 aromatic carbocycles. The molecule has 0 spiro atoms. The molecule has 0 saturated heterocycles. The van der Waals surface area contributed by atoms with Crippen LogP contribution in [0.1, 0.15) is 5.56 Å². The molecule has 0 bridgehead atoms. The van der Waals surface area contributed by atoms with Gasteiger partial charge in [-0.2, -0.15) is 5.26 Å². The van der Waals surface area contributed by atoms with Gasteiger partial charge in [-0.15, -0.1) is 0 Å². The van der Waals surface area contributed by atoms with E-state index in [0.29, 0.717) is 22.0 Å². The van der Waals surface area contributed by atoms with Gasteiger partial charge in [-0.05, 0) is 18.2 Å². The van der Waals surface area contributed by atoms with Crippen LogP contribution in [0, 0.1) is 11.3 Å². The molecule has 3 rings (SSSR count). The van der Waals surface area contributed by atoms with Gasteiger partial charge in [0, 0.05) is 26.7 Å². The predicted octanol–water partition coefficient (Wildman–Crippen LogP) is 5.41. The Hall–Kier alpha value is -2.35. The van der Waals surface area contributed by atoms with E-state index in [9.17, 15) is 10.4 Å². The maximum atomic E-state index is 10.2. The first kappa shape index (κ1) is 15.5. The van der Waals surface area contributed by atoms with Crippen molar-refractivity contribution < 1.29 is 5.11 Å². The first-order valence-corrected chi connectivity index (χ1v) is 7.92. The Balaban J connectivity index is 2.25. The molecule has 3 aromatic rings. The van der Waals surface area contributed by atoms with E-state index in [1.807, 2.05) is 48.5 Å². The van der Waals surface area contributed by atoms with Crippen LogP contribution in [-0.2, 0) is 0 Å². The van der Waals surface area contributed by atoms with Gasteiger partial charge in [0.15, 0.2) is 0 Å². The average molecular weight is 386 g/mol. The fourth-order valence-electron chi connectivity index (χ4n) is 2.27. The molecular weight excluding hydrogens is 376 g/mol. The van der Waals surface area contributed by atoms with E-state index in [0.717, 1.165) is 10.0 Å². The highest BCUT2D eigenvalue weighted by atomic mass is 79.9. The van der Waals surface area contributed by atoms with Gasteiger partial charge in [0.2, 0.25) is 0 Å². The van der Waals surface area contributed by atoms with E-state index in [4.69, 9.17) is 11.6 Å². The number of nitrogens with zero attached hydrogens (tertiary/aromatic N) is 2. The Bertz CT molecular complexity index is 917. The molecule has 112 valence electrons. The molecule has 3 nitrogen and oxygen atoms in total. The van der Waals surface area contributed by atoms with Crippen molar-refractivity contribution in [2.75, 3.05) is 0 Å². The number of nitriles is 1. The summed E-state index contributed by atoms with van der Waals surface area (Å²) >= 11 is 9.59. The van der Waals surface area contributed by atoms with Crippen molar-refractivity contribution in [2.45, 2.75) is 0 Å². The molecule has 1 aromatic heterocycles. The largest absolute Gasteiger partial charge is 0.506 e. The predicted molar refractivity (Wildman–Crippen MR) is 94.2 cm³/mol. The molecule has 0 aliphatic heterocycles. The number of benzene rings is 2. The Morgan fingerprint density at radius 2 is 1.78 bits per heavy atom. The fraction of sp³-hybridized carbons (Fsp3) is 0. The summed E-state index contributed by atoms with van der Waals surface area (Å²) in [5.41, 5.74) is 2.53. The van der Waals surface area contributed by atoms with Gasteiger partial charge in [-0.25, -0.2) is 4.98 Å². The van der Waals surface area contributed by atoms with Crippen LogP contribution in [0.4, 0.5) is 0 Å². The number of aromatic hydroxyl groups is 1. The zero-order chi connectivity index (χ0) is 16.4. The molecular formula is C18H10BrClN2O. The normalized spacial score (nSPS) is 10.3. The van der Waals surface area contributed by atoms with Crippen molar-refractivity contribution in [3.8, 4) is 34.3 Å². The van der Waals surface area contributed by atoms with Crippen LogP contribution in [0.2, 0.25) is 5.02 Å². The summed E-state index contributed by atoms with van der Waals surface area (Å²) in [6.45, 7) is 0. The molecule has 1 heterocycles. The van der Waals surface area contributed by atoms with Crippen LogP contribution >= 0.6 is 27.5 Å². The lowest BCUT2D eigenvalue weighted by Crippen LogP contribution is -1.94. The summed E-state index contributed by atoms with van der Waals surface area (Å²) in [4.78, 5) is 4.55. The van der Waals surface area contributed by atoms with Crippen LogP contribution in [0.5, 0.6) is 5.75 Å². The highest BCUT2D eigenvalue weighted by Crippen LogP contribution is 2.35. The fourth-order valence-corrected chi connectivity index (χ4v) is 2.76. The second-order valence-electron chi connectivity index (χ2n) is 4.85. The molecule has 5 heteroatoms. The molecule has 0 atom stereocenters. The number of halogens is 2. The van der Waals surface area contributed by atoms with Gasteiger partial charge >= 0.3 is 0 Å². The second-order valence-corrected chi connectivity index (χ2v) is 6.17. The van der Waals surface area contributed by atoms with E-state index in [-0.39, 0.29) is 11.3 Å². The third-order valence-electron chi connectivity index (χ3n) is 3.38. The van der Waals surface area contributed by atoms with Gasteiger partial charge < -0.3 is 5.11 Å². The minimum Gasteiger partial charge on any atom is -0.506 e. The van der Waals surface area contributed by atoms with Crippen LogP contribution in [0.15, 0.2) is 59.1 Å². The number of pyridine rings is 1. The van der Waals surface area contributed by atoms with Gasteiger partial charge in [-0.1, -0.05) is 57.9 Å². The Labute approximate surface area is 146 Å². The van der Waals surface area contributed by atoms with E-state index in [1.54, 1.807) is 6.07 Å². The van der Waals surface area contributed by atoms with Crippen molar-refractivity contribution in [3.05, 3.63) is 69.7 Å². The van der Waals surface area contributed by atoms with Crippen molar-refractivity contribution in [1.82, 2.24) is 4.98 Å². The molecule has 0 fully saturated rings. The number of rotatable bonds is 2. The zero-order valence-corrected chi connectivity index (χ0v) is 14.1. The van der Waals surface area contributed by atoms with Crippen molar-refractivity contribution in [2.24, 2.45) is 0 Å². The van der Waals surface area contributed by atoms with E-state index < -0.39 is 0 Å². The molecule has 0 unspecified atom stereocenters. The number of hydrogen-bond donors (Lipinski definition) is 1. The third kappa shape index (κ3) is 3.07. The molecule has 0 aliphatic carbocycles. The van der Waals surface area contributed by atoms with Gasteiger partial charge in [0.05, 0.1) is 11.4 Å². The van der Waals surface area contributed by atoms with Crippen molar-refractivity contribution in [3.63, 3.8) is 0 Å². The smallest absolute Gasteiger partial charge is 0.137 e. The quantitative estimate of drug-likeness (QED) is 0.642. The van der Waals surface area contributed by atoms with Gasteiger partial charge in [0.1, 0.15) is 17.4 Å².